The molecule has 0 saturated heterocycles. The second-order valence-electron chi connectivity index (χ2n) is 5.78. The molecule has 0 fully saturated rings. The van der Waals surface area contributed by atoms with E-state index in [0.29, 0.717) is 38.8 Å². The molecule has 0 aromatic carbocycles. The van der Waals surface area contributed by atoms with E-state index in [9.17, 15) is 4.79 Å². The average Bonchev–Trinajstić information content (AvgIpc) is 2.53. The van der Waals surface area contributed by atoms with Gasteiger partial charge in [-0.25, -0.2) is 0 Å². The Morgan fingerprint density at radius 2 is 1.59 bits per heavy atom. The Hall–Kier alpha value is -0.610. The summed E-state index contributed by atoms with van der Waals surface area (Å²) in [5.41, 5.74) is 0. The van der Waals surface area contributed by atoms with Crippen molar-refractivity contribution in [3.63, 3.8) is 0 Å². The highest BCUT2D eigenvalue weighted by Crippen LogP contribution is 2.12. The zero-order valence-electron chi connectivity index (χ0n) is 14.9. The van der Waals surface area contributed by atoms with Crippen molar-refractivity contribution in [1.29, 1.82) is 0 Å². The SMILES string of the molecule is CCCCOC(=O)CCCOCCOCC(CC)CCCC. The normalized spacial score (nSPS) is 12.3. The molecule has 1 atom stereocenters. The number of carbonyl (C=O) groups is 1. The molecular weight excluding hydrogens is 280 g/mol. The Kier molecular flexibility index (Phi) is 16.3. The smallest absolute Gasteiger partial charge is 0.305 e. The van der Waals surface area contributed by atoms with Crippen LogP contribution in [0.2, 0.25) is 0 Å². The quantitative estimate of drug-likeness (QED) is 0.313. The predicted octanol–water partition coefficient (Wildman–Crippen LogP) is 4.36. The number of hydrogen-bond donors (Lipinski definition) is 0. The van der Waals surface area contributed by atoms with Gasteiger partial charge >= 0.3 is 5.97 Å². The summed E-state index contributed by atoms with van der Waals surface area (Å²) in [6, 6.07) is 0. The van der Waals surface area contributed by atoms with E-state index in [1.807, 2.05) is 0 Å². The van der Waals surface area contributed by atoms with Crippen molar-refractivity contribution >= 4 is 5.97 Å². The molecule has 0 heterocycles. The van der Waals surface area contributed by atoms with E-state index in [0.717, 1.165) is 25.9 Å². The number of hydrogen-bond acceptors (Lipinski definition) is 4. The van der Waals surface area contributed by atoms with Crippen LogP contribution in [0, 0.1) is 5.92 Å². The molecular formula is C18H36O4. The highest BCUT2D eigenvalue weighted by Gasteiger charge is 2.05. The Balaban J connectivity index is 3.30. The third kappa shape index (κ3) is 14.3. The van der Waals surface area contributed by atoms with E-state index in [1.54, 1.807) is 0 Å². The standard InChI is InChI=1S/C18H36O4/c1-4-7-10-17(6-3)16-21-15-14-20-12-9-11-18(19)22-13-8-5-2/h17H,4-16H2,1-3H3. The van der Waals surface area contributed by atoms with Crippen molar-refractivity contribution in [1.82, 2.24) is 0 Å². The van der Waals surface area contributed by atoms with Gasteiger partial charge in [0.05, 0.1) is 19.8 Å². The molecule has 22 heavy (non-hydrogen) atoms. The van der Waals surface area contributed by atoms with Gasteiger partial charge in [0, 0.05) is 19.6 Å². The minimum atomic E-state index is -0.116. The van der Waals surface area contributed by atoms with Crippen LogP contribution >= 0.6 is 0 Å². The van der Waals surface area contributed by atoms with Crippen LogP contribution in [0.3, 0.4) is 0 Å². The van der Waals surface area contributed by atoms with Crippen LogP contribution in [0.15, 0.2) is 0 Å². The van der Waals surface area contributed by atoms with Crippen LogP contribution in [0.1, 0.15) is 72.1 Å². The molecule has 0 aliphatic rings. The summed E-state index contributed by atoms with van der Waals surface area (Å²) in [5, 5.41) is 0. The highest BCUT2D eigenvalue weighted by atomic mass is 16.5. The van der Waals surface area contributed by atoms with Gasteiger partial charge < -0.3 is 14.2 Å². The molecule has 0 bridgehead atoms. The topological polar surface area (TPSA) is 44.8 Å². The summed E-state index contributed by atoms with van der Waals surface area (Å²) in [6.45, 7) is 9.75. The summed E-state index contributed by atoms with van der Waals surface area (Å²) in [6.07, 6.45) is 8.13. The van der Waals surface area contributed by atoms with E-state index in [4.69, 9.17) is 14.2 Å². The molecule has 0 rings (SSSR count). The van der Waals surface area contributed by atoms with Crippen molar-refractivity contribution in [3.05, 3.63) is 0 Å². The van der Waals surface area contributed by atoms with Gasteiger partial charge in [0.2, 0.25) is 0 Å². The highest BCUT2D eigenvalue weighted by molar-refractivity contribution is 5.69. The maximum Gasteiger partial charge on any atom is 0.305 e. The molecule has 0 aliphatic carbocycles. The van der Waals surface area contributed by atoms with Gasteiger partial charge in [0.15, 0.2) is 0 Å². The first kappa shape index (κ1) is 21.4. The number of esters is 1. The third-order valence-electron chi connectivity index (χ3n) is 3.70. The van der Waals surface area contributed by atoms with Crippen molar-refractivity contribution in [2.75, 3.05) is 33.0 Å². The van der Waals surface area contributed by atoms with Crippen LogP contribution in [0.5, 0.6) is 0 Å². The summed E-state index contributed by atoms with van der Waals surface area (Å²) in [4.78, 5) is 11.3. The minimum absolute atomic E-state index is 0.116. The Morgan fingerprint density at radius 3 is 2.27 bits per heavy atom. The summed E-state index contributed by atoms with van der Waals surface area (Å²) < 4.78 is 16.2. The molecule has 1 unspecified atom stereocenters. The number of ether oxygens (including phenoxy) is 3. The number of unbranched alkanes of at least 4 members (excludes halogenated alkanes) is 2. The fourth-order valence-electron chi connectivity index (χ4n) is 2.09. The van der Waals surface area contributed by atoms with Crippen LogP contribution in [-0.2, 0) is 19.0 Å². The minimum Gasteiger partial charge on any atom is -0.466 e. The van der Waals surface area contributed by atoms with E-state index in [2.05, 4.69) is 20.8 Å². The largest absolute Gasteiger partial charge is 0.466 e. The maximum atomic E-state index is 11.3. The van der Waals surface area contributed by atoms with E-state index < -0.39 is 0 Å². The third-order valence-corrected chi connectivity index (χ3v) is 3.70. The molecule has 0 saturated carbocycles. The van der Waals surface area contributed by atoms with Crippen LogP contribution in [-0.4, -0.2) is 39.0 Å². The predicted molar refractivity (Wildman–Crippen MR) is 90.0 cm³/mol. The van der Waals surface area contributed by atoms with Gasteiger partial charge in [-0.05, 0) is 25.2 Å². The number of carbonyl (C=O) groups excluding carboxylic acids is 1. The molecule has 0 spiro atoms. The Morgan fingerprint density at radius 1 is 0.864 bits per heavy atom. The zero-order chi connectivity index (χ0) is 16.5. The molecule has 132 valence electrons. The molecule has 0 aromatic heterocycles. The van der Waals surface area contributed by atoms with Gasteiger partial charge in [-0.2, -0.15) is 0 Å². The van der Waals surface area contributed by atoms with Gasteiger partial charge in [0.25, 0.3) is 0 Å². The van der Waals surface area contributed by atoms with E-state index in [1.165, 1.54) is 25.7 Å². The van der Waals surface area contributed by atoms with Crippen molar-refractivity contribution in [3.8, 4) is 0 Å². The molecule has 4 nitrogen and oxygen atoms in total. The first-order valence-corrected chi connectivity index (χ1v) is 9.05. The van der Waals surface area contributed by atoms with Gasteiger partial charge in [-0.15, -0.1) is 0 Å². The fraction of sp³-hybridized carbons (Fsp3) is 0.944. The molecule has 0 aliphatic heterocycles. The molecule has 0 radical (unpaired) electrons. The van der Waals surface area contributed by atoms with Crippen LogP contribution in [0.25, 0.3) is 0 Å². The van der Waals surface area contributed by atoms with Gasteiger partial charge in [0.1, 0.15) is 0 Å². The monoisotopic (exact) mass is 316 g/mol. The Labute approximate surface area is 136 Å². The van der Waals surface area contributed by atoms with Gasteiger partial charge in [-0.3, -0.25) is 4.79 Å². The molecule has 0 N–H and O–H groups in total. The van der Waals surface area contributed by atoms with Gasteiger partial charge in [-0.1, -0.05) is 46.5 Å². The second-order valence-corrected chi connectivity index (χ2v) is 5.78. The maximum absolute atomic E-state index is 11.3. The van der Waals surface area contributed by atoms with Crippen LogP contribution < -0.4 is 0 Å². The first-order valence-electron chi connectivity index (χ1n) is 9.05. The average molecular weight is 316 g/mol. The number of rotatable bonds is 16. The Bertz CT molecular complexity index is 243. The fourth-order valence-corrected chi connectivity index (χ4v) is 2.09. The van der Waals surface area contributed by atoms with Crippen LogP contribution in [0.4, 0.5) is 0 Å². The van der Waals surface area contributed by atoms with E-state index >= 15 is 0 Å². The van der Waals surface area contributed by atoms with Crippen molar-refractivity contribution in [2.24, 2.45) is 5.92 Å². The summed E-state index contributed by atoms with van der Waals surface area (Å²) in [5.74, 6) is 0.563. The lowest BCUT2D eigenvalue weighted by atomic mass is 10.0. The molecule has 4 heteroatoms. The molecule has 0 amide bonds. The van der Waals surface area contributed by atoms with Crippen molar-refractivity contribution in [2.45, 2.75) is 72.1 Å². The van der Waals surface area contributed by atoms with E-state index in [-0.39, 0.29) is 5.97 Å². The second kappa shape index (κ2) is 16.8. The lowest BCUT2D eigenvalue weighted by Gasteiger charge is -2.14. The molecule has 0 aromatic rings. The van der Waals surface area contributed by atoms with Crippen molar-refractivity contribution < 1.29 is 19.0 Å². The summed E-state index contributed by atoms with van der Waals surface area (Å²) in [7, 11) is 0. The zero-order valence-corrected chi connectivity index (χ0v) is 14.9. The lowest BCUT2D eigenvalue weighted by Crippen LogP contribution is -2.13. The lowest BCUT2D eigenvalue weighted by molar-refractivity contribution is -0.144. The summed E-state index contributed by atoms with van der Waals surface area (Å²) >= 11 is 0. The first-order chi connectivity index (χ1) is 10.7.